The average molecular weight is 522 g/mol. The summed E-state index contributed by atoms with van der Waals surface area (Å²) in [5.74, 6) is -0.444. The summed E-state index contributed by atoms with van der Waals surface area (Å²) in [6, 6.07) is 18.5. The Kier molecular flexibility index (Phi) is 6.84. The Morgan fingerprint density at radius 1 is 0.974 bits per heavy atom. The molecule has 0 fully saturated rings. The van der Waals surface area contributed by atoms with Crippen molar-refractivity contribution in [3.05, 3.63) is 108 Å². The van der Waals surface area contributed by atoms with Gasteiger partial charge in [-0.15, -0.1) is 0 Å². The number of anilines is 1. The number of benzene rings is 2. The third-order valence-electron chi connectivity index (χ3n) is 6.63. The standard InChI is InChI=1S/C29H26F3N3O3/c1-2-3-15-33(28(37)20-9-6-10-21(18-20)29(30,31)32)19-26(36)35-23-12-5-4-11-22(23)34-16-7-13-24(34)27(35)25-14-8-17-38-25/h4-14,16-18,27H,2-3,15,19H2,1H3. The van der Waals surface area contributed by atoms with Crippen molar-refractivity contribution < 1.29 is 27.2 Å². The normalized spacial score (nSPS) is 14.6. The topological polar surface area (TPSA) is 58.7 Å². The number of rotatable bonds is 7. The van der Waals surface area contributed by atoms with Crippen LogP contribution in [0.25, 0.3) is 5.69 Å². The fraction of sp³-hybridized carbons (Fsp3) is 0.241. The van der Waals surface area contributed by atoms with Crippen LogP contribution in [-0.2, 0) is 11.0 Å². The van der Waals surface area contributed by atoms with E-state index in [1.165, 1.54) is 23.3 Å². The number of halogens is 3. The summed E-state index contributed by atoms with van der Waals surface area (Å²) >= 11 is 0. The van der Waals surface area contributed by atoms with Crippen LogP contribution >= 0.6 is 0 Å². The highest BCUT2D eigenvalue weighted by molar-refractivity contribution is 6.02. The van der Waals surface area contributed by atoms with Gasteiger partial charge in [0.2, 0.25) is 5.91 Å². The van der Waals surface area contributed by atoms with Crippen LogP contribution in [0.3, 0.4) is 0 Å². The van der Waals surface area contributed by atoms with E-state index >= 15 is 0 Å². The maximum Gasteiger partial charge on any atom is 0.416 e. The predicted molar refractivity (Wildman–Crippen MR) is 136 cm³/mol. The largest absolute Gasteiger partial charge is 0.467 e. The predicted octanol–water partition coefficient (Wildman–Crippen LogP) is 6.47. The minimum Gasteiger partial charge on any atom is -0.467 e. The van der Waals surface area contributed by atoms with E-state index in [0.29, 0.717) is 17.9 Å². The smallest absolute Gasteiger partial charge is 0.416 e. The van der Waals surface area contributed by atoms with E-state index in [9.17, 15) is 22.8 Å². The second-order valence-electron chi connectivity index (χ2n) is 9.13. The maximum atomic E-state index is 14.0. The van der Waals surface area contributed by atoms with Crippen molar-refractivity contribution in [1.29, 1.82) is 0 Å². The molecule has 1 unspecified atom stereocenters. The first-order valence-electron chi connectivity index (χ1n) is 12.4. The van der Waals surface area contributed by atoms with Gasteiger partial charge < -0.3 is 13.9 Å². The lowest BCUT2D eigenvalue weighted by atomic mass is 10.0. The zero-order valence-corrected chi connectivity index (χ0v) is 20.7. The van der Waals surface area contributed by atoms with Gasteiger partial charge in [0, 0.05) is 18.3 Å². The molecule has 0 N–H and O–H groups in total. The Bertz CT molecular complexity index is 1440. The lowest BCUT2D eigenvalue weighted by molar-refractivity contribution is -0.137. The highest BCUT2D eigenvalue weighted by Crippen LogP contribution is 2.42. The third-order valence-corrected chi connectivity index (χ3v) is 6.63. The number of hydrogen-bond donors (Lipinski definition) is 0. The van der Waals surface area contributed by atoms with Crippen molar-refractivity contribution in [1.82, 2.24) is 9.47 Å². The number of para-hydroxylation sites is 2. The zero-order chi connectivity index (χ0) is 26.9. The molecule has 0 saturated carbocycles. The molecule has 6 nitrogen and oxygen atoms in total. The zero-order valence-electron chi connectivity index (χ0n) is 20.7. The van der Waals surface area contributed by atoms with E-state index in [-0.39, 0.29) is 24.6 Å². The molecule has 2 amide bonds. The van der Waals surface area contributed by atoms with Gasteiger partial charge in [-0.3, -0.25) is 14.5 Å². The van der Waals surface area contributed by atoms with Crippen LogP contribution in [0.2, 0.25) is 0 Å². The molecule has 3 heterocycles. The molecule has 4 aromatic rings. The molecule has 0 radical (unpaired) electrons. The van der Waals surface area contributed by atoms with E-state index in [1.807, 2.05) is 54.1 Å². The summed E-state index contributed by atoms with van der Waals surface area (Å²) in [5, 5.41) is 0. The third kappa shape index (κ3) is 4.71. The van der Waals surface area contributed by atoms with Crippen molar-refractivity contribution in [2.75, 3.05) is 18.0 Å². The minimum absolute atomic E-state index is 0.112. The van der Waals surface area contributed by atoms with E-state index in [2.05, 4.69) is 0 Å². The van der Waals surface area contributed by atoms with E-state index in [1.54, 1.807) is 17.0 Å². The van der Waals surface area contributed by atoms with Gasteiger partial charge in [-0.05, 0) is 61.0 Å². The molecule has 0 bridgehead atoms. The van der Waals surface area contributed by atoms with Crippen LogP contribution in [-0.4, -0.2) is 34.4 Å². The van der Waals surface area contributed by atoms with Gasteiger partial charge in [-0.25, -0.2) is 0 Å². The molecule has 196 valence electrons. The van der Waals surface area contributed by atoms with E-state index < -0.39 is 23.7 Å². The number of unbranched alkanes of at least 4 members (excludes halogenated alkanes) is 1. The molecule has 0 saturated heterocycles. The molecule has 5 rings (SSSR count). The van der Waals surface area contributed by atoms with Gasteiger partial charge in [0.1, 0.15) is 18.3 Å². The number of amides is 2. The van der Waals surface area contributed by atoms with Crippen LogP contribution in [0.1, 0.15) is 53.2 Å². The number of carbonyl (C=O) groups is 2. The van der Waals surface area contributed by atoms with Crippen LogP contribution in [0.4, 0.5) is 18.9 Å². The van der Waals surface area contributed by atoms with Crippen LogP contribution in [0.15, 0.2) is 89.7 Å². The summed E-state index contributed by atoms with van der Waals surface area (Å²) in [6.07, 6.45) is 0.213. The molecular formula is C29H26F3N3O3. The maximum absolute atomic E-state index is 14.0. The van der Waals surface area contributed by atoms with Crippen LogP contribution in [0, 0.1) is 0 Å². The SMILES string of the molecule is CCCCN(CC(=O)N1c2ccccc2-n2cccc2C1c1ccco1)C(=O)c1cccc(C(F)(F)F)c1. The molecule has 1 atom stereocenters. The molecule has 1 aliphatic rings. The first kappa shape index (κ1) is 25.4. The summed E-state index contributed by atoms with van der Waals surface area (Å²) < 4.78 is 47.6. The Morgan fingerprint density at radius 3 is 2.47 bits per heavy atom. The van der Waals surface area contributed by atoms with Gasteiger partial charge in [0.05, 0.1) is 28.9 Å². The number of alkyl halides is 3. The Labute approximate surface area is 217 Å². The van der Waals surface area contributed by atoms with Crippen molar-refractivity contribution >= 4 is 17.5 Å². The number of nitrogens with zero attached hydrogens (tertiary/aromatic N) is 3. The quantitative estimate of drug-likeness (QED) is 0.280. The fourth-order valence-electron chi connectivity index (χ4n) is 4.83. The van der Waals surface area contributed by atoms with Crippen molar-refractivity contribution in [3.8, 4) is 5.69 Å². The Hall–Kier alpha value is -4.27. The van der Waals surface area contributed by atoms with Crippen LogP contribution in [0.5, 0.6) is 0 Å². The average Bonchev–Trinajstić information content (AvgIpc) is 3.62. The lowest BCUT2D eigenvalue weighted by Gasteiger charge is -2.38. The molecule has 0 aliphatic carbocycles. The molecular weight excluding hydrogens is 495 g/mol. The monoisotopic (exact) mass is 521 g/mol. The summed E-state index contributed by atoms with van der Waals surface area (Å²) in [4.78, 5) is 30.4. The van der Waals surface area contributed by atoms with Gasteiger partial charge >= 0.3 is 6.18 Å². The van der Waals surface area contributed by atoms with E-state index in [0.717, 1.165) is 29.9 Å². The number of furan rings is 1. The summed E-state index contributed by atoms with van der Waals surface area (Å²) in [5.41, 5.74) is 1.24. The van der Waals surface area contributed by atoms with Crippen molar-refractivity contribution in [2.45, 2.75) is 32.0 Å². The molecule has 2 aromatic heterocycles. The number of hydrogen-bond acceptors (Lipinski definition) is 3. The summed E-state index contributed by atoms with van der Waals surface area (Å²) in [7, 11) is 0. The van der Waals surface area contributed by atoms with Gasteiger partial charge in [0.25, 0.3) is 5.91 Å². The minimum atomic E-state index is -4.58. The first-order valence-corrected chi connectivity index (χ1v) is 12.4. The molecule has 1 aliphatic heterocycles. The van der Waals surface area contributed by atoms with Crippen molar-refractivity contribution in [2.24, 2.45) is 0 Å². The molecule has 0 spiro atoms. The molecule has 2 aromatic carbocycles. The number of aromatic nitrogens is 1. The highest BCUT2D eigenvalue weighted by atomic mass is 19.4. The van der Waals surface area contributed by atoms with Gasteiger partial charge in [0.15, 0.2) is 0 Å². The lowest BCUT2D eigenvalue weighted by Crippen LogP contribution is -2.47. The van der Waals surface area contributed by atoms with Crippen LogP contribution < -0.4 is 4.90 Å². The van der Waals surface area contributed by atoms with Gasteiger partial charge in [-0.1, -0.05) is 31.5 Å². The first-order chi connectivity index (χ1) is 18.3. The Morgan fingerprint density at radius 2 is 1.76 bits per heavy atom. The van der Waals surface area contributed by atoms with E-state index in [4.69, 9.17) is 4.42 Å². The second-order valence-corrected chi connectivity index (χ2v) is 9.13. The van der Waals surface area contributed by atoms with Gasteiger partial charge in [-0.2, -0.15) is 13.2 Å². The summed E-state index contributed by atoms with van der Waals surface area (Å²) in [6.45, 7) is 1.87. The molecule has 38 heavy (non-hydrogen) atoms. The van der Waals surface area contributed by atoms with Crippen molar-refractivity contribution in [3.63, 3.8) is 0 Å². The fourth-order valence-corrected chi connectivity index (χ4v) is 4.83. The number of fused-ring (bicyclic) bond motifs is 3. The Balaban J connectivity index is 1.51. The second kappa shape index (κ2) is 10.2. The number of carbonyl (C=O) groups excluding carboxylic acids is 2. The highest BCUT2D eigenvalue weighted by Gasteiger charge is 2.38. The molecule has 9 heteroatoms.